The lowest BCUT2D eigenvalue weighted by Crippen LogP contribution is -2.42. The van der Waals surface area contributed by atoms with Gasteiger partial charge in [0.25, 0.3) is 0 Å². The van der Waals surface area contributed by atoms with Crippen molar-refractivity contribution >= 4 is 23.4 Å². The number of benzene rings is 2. The Hall–Kier alpha value is -3.65. The van der Waals surface area contributed by atoms with Gasteiger partial charge < -0.3 is 20.3 Å². The van der Waals surface area contributed by atoms with Gasteiger partial charge in [-0.1, -0.05) is 50.6 Å². The maximum absolute atomic E-state index is 13.2. The molecule has 0 atom stereocenters. The third kappa shape index (κ3) is 6.98. The van der Waals surface area contributed by atoms with Crippen LogP contribution in [0.25, 0.3) is 5.69 Å². The molecule has 0 fully saturated rings. The zero-order valence-electron chi connectivity index (χ0n) is 23.2. The quantitative estimate of drug-likeness (QED) is 0.422. The van der Waals surface area contributed by atoms with Gasteiger partial charge in [0.15, 0.2) is 0 Å². The molecule has 0 spiro atoms. The highest BCUT2D eigenvalue weighted by atomic mass is 16.5. The number of carbonyl (C=O) groups excluding carboxylic acids is 2. The summed E-state index contributed by atoms with van der Waals surface area (Å²) in [5.41, 5.74) is 6.52. The molecule has 1 heterocycles. The Morgan fingerprint density at radius 1 is 1.00 bits per heavy atom. The number of rotatable bonds is 8. The van der Waals surface area contributed by atoms with Gasteiger partial charge in [0.05, 0.1) is 18.0 Å². The fourth-order valence-corrected chi connectivity index (χ4v) is 3.95. The highest BCUT2D eigenvalue weighted by Crippen LogP contribution is 2.28. The Morgan fingerprint density at radius 2 is 1.73 bits per heavy atom. The Morgan fingerprint density at radius 3 is 2.38 bits per heavy atom. The Labute approximate surface area is 220 Å². The van der Waals surface area contributed by atoms with Crippen LogP contribution in [-0.2, 0) is 14.9 Å². The summed E-state index contributed by atoms with van der Waals surface area (Å²) in [6.45, 7) is 14.7. The van der Waals surface area contributed by atoms with E-state index >= 15 is 0 Å². The van der Waals surface area contributed by atoms with Gasteiger partial charge in [0.1, 0.15) is 12.4 Å². The molecule has 0 radical (unpaired) electrons. The largest absolute Gasteiger partial charge is 0.383 e. The summed E-state index contributed by atoms with van der Waals surface area (Å²) in [5.74, 6) is 0.238. The van der Waals surface area contributed by atoms with Crippen molar-refractivity contribution in [3.8, 4) is 5.69 Å². The van der Waals surface area contributed by atoms with Gasteiger partial charge >= 0.3 is 6.03 Å². The van der Waals surface area contributed by atoms with Crippen LogP contribution in [0.15, 0.2) is 42.5 Å². The third-order valence-electron chi connectivity index (χ3n) is 6.36. The number of amides is 3. The number of carbonyl (C=O) groups is 2. The van der Waals surface area contributed by atoms with Crippen LogP contribution in [0.1, 0.15) is 48.7 Å². The Kier molecular flexibility index (Phi) is 8.76. The number of hydrogen-bond donors (Lipinski definition) is 2. The van der Waals surface area contributed by atoms with Gasteiger partial charge in [0.2, 0.25) is 5.91 Å². The summed E-state index contributed by atoms with van der Waals surface area (Å²) in [4.78, 5) is 27.8. The molecule has 3 aromatic rings. The van der Waals surface area contributed by atoms with E-state index in [0.29, 0.717) is 12.4 Å². The van der Waals surface area contributed by atoms with Crippen LogP contribution >= 0.6 is 0 Å². The average Bonchev–Trinajstić information content (AvgIpc) is 3.23. The van der Waals surface area contributed by atoms with Crippen LogP contribution in [0.4, 0.5) is 16.3 Å². The highest BCUT2D eigenvalue weighted by molar-refractivity contribution is 5.97. The lowest BCUT2D eigenvalue weighted by molar-refractivity contribution is -0.116. The molecule has 0 bridgehead atoms. The minimum Gasteiger partial charge on any atom is -0.383 e. The first-order valence-electron chi connectivity index (χ1n) is 12.5. The van der Waals surface area contributed by atoms with E-state index < -0.39 is 0 Å². The topological polar surface area (TPSA) is 88.5 Å². The van der Waals surface area contributed by atoms with Crippen LogP contribution in [0.2, 0.25) is 0 Å². The lowest BCUT2D eigenvalue weighted by Gasteiger charge is -2.23. The van der Waals surface area contributed by atoms with Crippen molar-refractivity contribution in [1.82, 2.24) is 14.7 Å². The summed E-state index contributed by atoms with van der Waals surface area (Å²) in [6, 6.07) is 13.4. The second-order valence-corrected chi connectivity index (χ2v) is 10.5. The maximum Gasteiger partial charge on any atom is 0.322 e. The molecular formula is C29H39N5O3. The van der Waals surface area contributed by atoms with E-state index in [1.165, 1.54) is 4.90 Å². The van der Waals surface area contributed by atoms with Crippen LogP contribution < -0.4 is 10.6 Å². The molecule has 1 aromatic heterocycles. The Balaban J connectivity index is 1.85. The zero-order valence-corrected chi connectivity index (χ0v) is 23.2. The summed E-state index contributed by atoms with van der Waals surface area (Å²) in [5, 5.41) is 10.7. The predicted octanol–water partition coefficient (Wildman–Crippen LogP) is 5.52. The molecule has 0 unspecified atom stereocenters. The van der Waals surface area contributed by atoms with Crippen molar-refractivity contribution in [3.05, 3.63) is 70.4 Å². The summed E-state index contributed by atoms with van der Waals surface area (Å²) < 4.78 is 6.96. The molecule has 8 heteroatoms. The van der Waals surface area contributed by atoms with Crippen LogP contribution in [-0.4, -0.2) is 53.4 Å². The minimum atomic E-state index is -0.362. The molecule has 198 valence electrons. The van der Waals surface area contributed by atoms with Gasteiger partial charge in [-0.3, -0.25) is 4.79 Å². The van der Waals surface area contributed by atoms with Gasteiger partial charge in [-0.15, -0.1) is 0 Å². The first kappa shape index (κ1) is 27.9. The summed E-state index contributed by atoms with van der Waals surface area (Å²) in [7, 11) is 1.57. The zero-order chi connectivity index (χ0) is 27.3. The summed E-state index contributed by atoms with van der Waals surface area (Å²) >= 11 is 0. The molecule has 3 amide bonds. The van der Waals surface area contributed by atoms with Crippen LogP contribution in [0.5, 0.6) is 0 Å². The number of aryl methyl sites for hydroxylation is 3. The number of anilines is 2. The molecule has 37 heavy (non-hydrogen) atoms. The van der Waals surface area contributed by atoms with E-state index in [4.69, 9.17) is 9.84 Å². The number of ether oxygens (including phenoxy) is 1. The second kappa shape index (κ2) is 11.6. The number of methoxy groups -OCH3 is 1. The lowest BCUT2D eigenvalue weighted by atomic mass is 9.92. The third-order valence-corrected chi connectivity index (χ3v) is 6.36. The standard InChI is InChI=1S/C29H39N5O3/c1-19-12-13-24(21(3)16-19)34-26(17-25(32-34)29(5,6)7)31-27(35)18-33(14-15-37-8)28(36)30-23-11-9-10-20(2)22(23)4/h9-13,16-17H,14-15,18H2,1-8H3,(H,30,36)(H,31,35). The first-order valence-corrected chi connectivity index (χ1v) is 12.5. The van der Waals surface area contributed by atoms with Crippen LogP contribution in [0.3, 0.4) is 0 Å². The van der Waals surface area contributed by atoms with Crippen molar-refractivity contribution in [2.24, 2.45) is 0 Å². The van der Waals surface area contributed by atoms with Crippen molar-refractivity contribution in [2.45, 2.75) is 53.9 Å². The molecule has 2 N–H and O–H groups in total. The number of aromatic nitrogens is 2. The number of nitrogens with one attached hydrogen (secondary N) is 2. The van der Waals surface area contributed by atoms with Crippen LogP contribution in [0, 0.1) is 27.7 Å². The fraction of sp³-hybridized carbons (Fsp3) is 0.414. The minimum absolute atomic E-state index is 0.136. The molecule has 2 aromatic carbocycles. The number of urea groups is 1. The highest BCUT2D eigenvalue weighted by Gasteiger charge is 2.24. The molecule has 3 rings (SSSR count). The smallest absolute Gasteiger partial charge is 0.322 e. The Bertz CT molecular complexity index is 1270. The monoisotopic (exact) mass is 505 g/mol. The predicted molar refractivity (Wildman–Crippen MR) is 149 cm³/mol. The number of nitrogens with zero attached hydrogens (tertiary/aromatic N) is 3. The van der Waals surface area contributed by atoms with E-state index in [9.17, 15) is 9.59 Å². The first-order chi connectivity index (χ1) is 17.4. The molecule has 0 saturated carbocycles. The molecule has 8 nitrogen and oxygen atoms in total. The van der Waals surface area contributed by atoms with E-state index in [-0.39, 0.29) is 30.4 Å². The molecule has 0 aliphatic rings. The van der Waals surface area contributed by atoms with E-state index in [1.807, 2.05) is 64.1 Å². The van der Waals surface area contributed by atoms with Crippen molar-refractivity contribution in [2.75, 3.05) is 37.4 Å². The SMILES string of the molecule is COCCN(CC(=O)Nc1cc(C(C)(C)C)nn1-c1ccc(C)cc1C)C(=O)Nc1cccc(C)c1C. The van der Waals surface area contributed by atoms with E-state index in [2.05, 4.69) is 37.5 Å². The maximum atomic E-state index is 13.2. The average molecular weight is 506 g/mol. The van der Waals surface area contributed by atoms with E-state index in [1.54, 1.807) is 11.8 Å². The van der Waals surface area contributed by atoms with Gasteiger partial charge in [0, 0.05) is 30.8 Å². The van der Waals surface area contributed by atoms with Gasteiger partial charge in [-0.2, -0.15) is 5.10 Å². The van der Waals surface area contributed by atoms with Crippen molar-refractivity contribution < 1.29 is 14.3 Å². The van der Waals surface area contributed by atoms with Crippen molar-refractivity contribution in [3.63, 3.8) is 0 Å². The molecular weight excluding hydrogens is 466 g/mol. The van der Waals surface area contributed by atoms with Gasteiger partial charge in [-0.05, 0) is 56.5 Å². The van der Waals surface area contributed by atoms with E-state index in [0.717, 1.165) is 39.3 Å². The summed E-state index contributed by atoms with van der Waals surface area (Å²) in [6.07, 6.45) is 0. The second-order valence-electron chi connectivity index (χ2n) is 10.5. The number of hydrogen-bond acceptors (Lipinski definition) is 4. The fourth-order valence-electron chi connectivity index (χ4n) is 3.95. The molecule has 0 aliphatic heterocycles. The van der Waals surface area contributed by atoms with Crippen molar-refractivity contribution in [1.29, 1.82) is 0 Å². The molecule has 0 aliphatic carbocycles. The molecule has 0 saturated heterocycles. The van der Waals surface area contributed by atoms with Gasteiger partial charge in [-0.25, -0.2) is 9.48 Å². The normalized spacial score (nSPS) is 11.4.